The number of carbonyl (C=O) groups is 8. The fourth-order valence-electron chi connectivity index (χ4n) is 8.83. The van der Waals surface area contributed by atoms with Crippen LogP contribution < -0.4 is 21.3 Å². The smallest absolute Gasteiger partial charge is 0.408 e. The number of nitrogens with one attached hydrogen (secondary N) is 4. The molecule has 364 valence electrons. The SMILES string of the molecule is CC(C)(C)OC(=O)N[C@H](CCC(=O)N(C(=O)NC1CCCCC1)C1CCCCC1)C(=O)O.CC(C)(C)OC(=O)N[C@H](CCC(=O)O)C(=O)N(C(=O)NC1CCCCC1)C1CCCCC1. The van der Waals surface area contributed by atoms with Crippen LogP contribution in [0.3, 0.4) is 0 Å². The van der Waals surface area contributed by atoms with Gasteiger partial charge in [-0.2, -0.15) is 0 Å². The first-order chi connectivity index (χ1) is 30.1. The van der Waals surface area contributed by atoms with Crippen molar-refractivity contribution in [1.82, 2.24) is 31.1 Å². The van der Waals surface area contributed by atoms with Crippen LogP contribution in [0, 0.1) is 0 Å². The average Bonchev–Trinajstić information content (AvgIpc) is 3.21. The van der Waals surface area contributed by atoms with Gasteiger partial charge in [-0.15, -0.1) is 0 Å². The molecule has 0 aromatic rings. The van der Waals surface area contributed by atoms with Crippen LogP contribution in [0.5, 0.6) is 0 Å². The number of rotatable bonds is 14. The molecule has 0 radical (unpaired) electrons. The molecule has 0 aromatic carbocycles. The number of imide groups is 2. The number of aliphatic carboxylic acids is 2. The molecule has 0 heterocycles. The van der Waals surface area contributed by atoms with Gasteiger partial charge >= 0.3 is 36.2 Å². The summed E-state index contributed by atoms with van der Waals surface area (Å²) in [5, 5.41) is 29.5. The molecular formula is C46H78N6O12. The van der Waals surface area contributed by atoms with E-state index in [1.807, 2.05) is 0 Å². The van der Waals surface area contributed by atoms with E-state index in [0.29, 0.717) is 12.8 Å². The highest BCUT2D eigenvalue weighted by molar-refractivity contribution is 5.99. The summed E-state index contributed by atoms with van der Waals surface area (Å²) < 4.78 is 10.4. The molecular weight excluding hydrogens is 829 g/mol. The van der Waals surface area contributed by atoms with E-state index < -0.39 is 65.3 Å². The van der Waals surface area contributed by atoms with E-state index in [4.69, 9.17) is 14.6 Å². The minimum atomic E-state index is -1.27. The fourth-order valence-corrected chi connectivity index (χ4v) is 8.83. The van der Waals surface area contributed by atoms with Crippen LogP contribution in [0.25, 0.3) is 0 Å². The summed E-state index contributed by atoms with van der Waals surface area (Å²) >= 11 is 0. The Hall–Kier alpha value is -4.64. The van der Waals surface area contributed by atoms with E-state index in [1.54, 1.807) is 41.5 Å². The molecule has 64 heavy (non-hydrogen) atoms. The van der Waals surface area contributed by atoms with E-state index in [1.165, 1.54) is 16.2 Å². The molecule has 4 aliphatic rings. The van der Waals surface area contributed by atoms with Crippen LogP contribution in [0.15, 0.2) is 0 Å². The number of amides is 8. The molecule has 18 nitrogen and oxygen atoms in total. The van der Waals surface area contributed by atoms with Crippen LogP contribution >= 0.6 is 0 Å². The van der Waals surface area contributed by atoms with Gasteiger partial charge in [-0.25, -0.2) is 24.0 Å². The molecule has 8 amide bonds. The molecule has 4 fully saturated rings. The standard InChI is InChI=1S/2C23H39N3O6/c1-23(2,3)32-22(31)25-18(14-15-19(27)28)20(29)26(17-12-8-5-9-13-17)21(30)24-16-10-6-4-7-11-16;1-23(2,3)32-22(31)25-18(20(28)29)14-15-19(27)26(17-12-8-5-9-13-17)21(30)24-16-10-6-4-7-11-16/h16-18H,4-15H2,1-3H3,(H,24,30)(H,25,31)(H,27,28);16-18H,4-15H2,1-3H3,(H,24,30)(H,25,31)(H,28,29)/t2*18-/m11/s1. The Kier molecular flexibility index (Phi) is 22.1. The van der Waals surface area contributed by atoms with Crippen LogP contribution in [-0.2, 0) is 28.7 Å². The lowest BCUT2D eigenvalue weighted by atomic mass is 9.93. The molecule has 4 saturated carbocycles. The minimum absolute atomic E-state index is 0.0337. The van der Waals surface area contributed by atoms with Gasteiger partial charge in [0.15, 0.2) is 0 Å². The topological polar surface area (TPSA) is 250 Å². The van der Waals surface area contributed by atoms with Crippen molar-refractivity contribution in [3.05, 3.63) is 0 Å². The van der Waals surface area contributed by atoms with Crippen molar-refractivity contribution in [3.63, 3.8) is 0 Å². The maximum Gasteiger partial charge on any atom is 0.408 e. The Labute approximate surface area is 379 Å². The zero-order valence-electron chi connectivity index (χ0n) is 39.3. The lowest BCUT2D eigenvalue weighted by molar-refractivity contribution is -0.140. The van der Waals surface area contributed by atoms with E-state index in [0.717, 1.165) is 109 Å². The first kappa shape index (κ1) is 53.7. The molecule has 0 aliphatic heterocycles. The number of nitrogens with zero attached hydrogens (tertiary/aromatic N) is 2. The quantitative estimate of drug-likeness (QED) is 0.0974. The molecule has 0 spiro atoms. The Morgan fingerprint density at radius 3 is 1.27 bits per heavy atom. The van der Waals surface area contributed by atoms with Crippen molar-refractivity contribution in [3.8, 4) is 0 Å². The summed E-state index contributed by atoms with van der Waals surface area (Å²) in [5.41, 5.74) is -1.54. The first-order valence-corrected chi connectivity index (χ1v) is 23.8. The highest BCUT2D eigenvalue weighted by Crippen LogP contribution is 2.27. The van der Waals surface area contributed by atoms with Gasteiger partial charge in [0.05, 0.1) is 0 Å². The zero-order chi connectivity index (χ0) is 47.5. The largest absolute Gasteiger partial charge is 0.481 e. The van der Waals surface area contributed by atoms with Gasteiger partial charge in [0, 0.05) is 37.0 Å². The number of urea groups is 2. The van der Waals surface area contributed by atoms with Gasteiger partial charge in [0.2, 0.25) is 5.91 Å². The predicted molar refractivity (Wildman–Crippen MR) is 238 cm³/mol. The molecule has 0 aromatic heterocycles. The predicted octanol–water partition coefficient (Wildman–Crippen LogP) is 7.90. The van der Waals surface area contributed by atoms with Crippen molar-refractivity contribution in [1.29, 1.82) is 0 Å². The summed E-state index contributed by atoms with van der Waals surface area (Å²) in [4.78, 5) is 103. The van der Waals surface area contributed by atoms with Crippen LogP contribution in [0.2, 0.25) is 0 Å². The average molecular weight is 907 g/mol. The first-order valence-electron chi connectivity index (χ1n) is 23.8. The summed E-state index contributed by atoms with van der Waals surface area (Å²) in [6, 6.07) is -3.55. The molecule has 4 aliphatic carbocycles. The number of carbonyl (C=O) groups excluding carboxylic acids is 6. The molecule has 0 unspecified atom stereocenters. The normalized spacial score (nSPS) is 19.0. The second-order valence-electron chi connectivity index (χ2n) is 19.8. The number of hydrogen-bond acceptors (Lipinski definition) is 10. The molecule has 0 bridgehead atoms. The van der Waals surface area contributed by atoms with Crippen LogP contribution in [0.4, 0.5) is 19.2 Å². The van der Waals surface area contributed by atoms with Crippen LogP contribution in [0.1, 0.15) is 196 Å². The minimum Gasteiger partial charge on any atom is -0.481 e. The van der Waals surface area contributed by atoms with Gasteiger partial charge in [0.1, 0.15) is 23.3 Å². The van der Waals surface area contributed by atoms with Crippen LogP contribution in [-0.4, -0.2) is 115 Å². The Morgan fingerprint density at radius 2 is 0.875 bits per heavy atom. The van der Waals surface area contributed by atoms with Gasteiger partial charge < -0.3 is 41.0 Å². The maximum absolute atomic E-state index is 13.5. The number of ether oxygens (including phenoxy) is 2. The monoisotopic (exact) mass is 907 g/mol. The second kappa shape index (κ2) is 26.4. The Balaban J connectivity index is 0.000000340. The van der Waals surface area contributed by atoms with E-state index in [9.17, 15) is 43.5 Å². The third kappa shape index (κ3) is 20.0. The lowest BCUT2D eigenvalue weighted by Gasteiger charge is -2.36. The highest BCUT2D eigenvalue weighted by atomic mass is 16.6. The lowest BCUT2D eigenvalue weighted by Crippen LogP contribution is -2.58. The third-order valence-corrected chi connectivity index (χ3v) is 12.0. The highest BCUT2D eigenvalue weighted by Gasteiger charge is 2.38. The van der Waals surface area contributed by atoms with Gasteiger partial charge in [0.25, 0.3) is 5.91 Å². The fraction of sp³-hybridized carbons (Fsp3) is 0.826. The zero-order valence-corrected chi connectivity index (χ0v) is 39.3. The van der Waals surface area contributed by atoms with Gasteiger partial charge in [-0.05, 0) is 106 Å². The van der Waals surface area contributed by atoms with Crippen molar-refractivity contribution >= 4 is 48.0 Å². The summed E-state index contributed by atoms with van der Waals surface area (Å²) in [6.45, 7) is 10.1. The van der Waals surface area contributed by atoms with E-state index in [-0.39, 0.29) is 55.9 Å². The molecule has 2 atom stereocenters. The number of carboxylic acid groups (broad SMARTS) is 2. The molecule has 18 heteroatoms. The van der Waals surface area contributed by atoms with Gasteiger partial charge in [-0.3, -0.25) is 24.2 Å². The van der Waals surface area contributed by atoms with Crippen molar-refractivity contribution in [2.24, 2.45) is 0 Å². The summed E-state index contributed by atoms with van der Waals surface area (Å²) in [7, 11) is 0. The summed E-state index contributed by atoms with van der Waals surface area (Å²) in [5.74, 6) is -3.30. The van der Waals surface area contributed by atoms with E-state index in [2.05, 4.69) is 21.3 Å². The Bertz CT molecular complexity index is 1550. The Morgan fingerprint density at radius 1 is 0.516 bits per heavy atom. The molecule has 6 N–H and O–H groups in total. The number of carboxylic acids is 2. The number of alkyl carbamates (subject to hydrolysis) is 2. The molecule has 4 rings (SSSR count). The second-order valence-corrected chi connectivity index (χ2v) is 19.8. The van der Waals surface area contributed by atoms with E-state index >= 15 is 0 Å². The number of hydrogen-bond donors (Lipinski definition) is 6. The van der Waals surface area contributed by atoms with Crippen molar-refractivity contribution in [2.45, 2.75) is 243 Å². The van der Waals surface area contributed by atoms with Crippen molar-refractivity contribution < 1.29 is 58.0 Å². The summed E-state index contributed by atoms with van der Waals surface area (Å²) in [6.07, 6.45) is 16.7. The third-order valence-electron chi connectivity index (χ3n) is 12.0. The maximum atomic E-state index is 13.5. The van der Waals surface area contributed by atoms with Gasteiger partial charge in [-0.1, -0.05) is 77.0 Å². The molecule has 0 saturated heterocycles. The van der Waals surface area contributed by atoms with Crippen molar-refractivity contribution in [2.75, 3.05) is 0 Å².